The quantitative estimate of drug-likeness (QED) is 0.741. The number of likely N-dealkylation sites (N-methyl/N-ethyl adjacent to an activating group) is 1. The lowest BCUT2D eigenvalue weighted by Crippen LogP contribution is -2.76. The molecular weight excluding hydrogens is 418 g/mol. The summed E-state index contributed by atoms with van der Waals surface area (Å²) < 4.78 is 0. The summed E-state index contributed by atoms with van der Waals surface area (Å²) in [6, 6.07) is 8.97. The van der Waals surface area contributed by atoms with Gasteiger partial charge >= 0.3 is 6.03 Å². The summed E-state index contributed by atoms with van der Waals surface area (Å²) in [7, 11) is 1.77. The standard InChI is InChI=1S/C25H37N5O3/c1-18(2)23-24(32)28(15-20-12-8-5-9-13-20)16-21-29(23)22(31)17-27(3)30(21)25(33)26-14-19-10-6-4-7-11-19/h4,6-7,10-11,18,20-21,23H,5,8-9,12-17H2,1-3H3,(H,26,33)/t21-,23-/m0/s1. The maximum Gasteiger partial charge on any atom is 0.334 e. The molecule has 0 spiro atoms. The van der Waals surface area contributed by atoms with Gasteiger partial charge in [-0.25, -0.2) is 14.8 Å². The van der Waals surface area contributed by atoms with Crippen LogP contribution in [0.15, 0.2) is 30.3 Å². The Balaban J connectivity index is 1.56. The van der Waals surface area contributed by atoms with Crippen molar-refractivity contribution in [1.82, 2.24) is 25.1 Å². The van der Waals surface area contributed by atoms with Crippen LogP contribution in [-0.4, -0.2) is 76.6 Å². The highest BCUT2D eigenvalue weighted by Gasteiger charge is 2.51. The zero-order valence-corrected chi connectivity index (χ0v) is 20.1. The molecule has 8 heteroatoms. The predicted octanol–water partition coefficient (Wildman–Crippen LogP) is 2.66. The third-order valence-electron chi connectivity index (χ3n) is 7.20. The predicted molar refractivity (Wildman–Crippen MR) is 126 cm³/mol. The number of benzene rings is 1. The first kappa shape index (κ1) is 23.5. The van der Waals surface area contributed by atoms with E-state index in [1.807, 2.05) is 49.1 Å². The molecule has 1 saturated carbocycles. The van der Waals surface area contributed by atoms with Crippen LogP contribution in [0, 0.1) is 11.8 Å². The van der Waals surface area contributed by atoms with Crippen LogP contribution in [0.25, 0.3) is 0 Å². The van der Waals surface area contributed by atoms with E-state index >= 15 is 0 Å². The number of hydrazine groups is 1. The second kappa shape index (κ2) is 10.1. The number of carbonyl (C=O) groups excluding carboxylic acids is 3. The van der Waals surface area contributed by atoms with Crippen LogP contribution in [0.4, 0.5) is 4.79 Å². The van der Waals surface area contributed by atoms with Crippen molar-refractivity contribution in [2.45, 2.75) is 64.7 Å². The highest BCUT2D eigenvalue weighted by molar-refractivity contribution is 5.91. The Morgan fingerprint density at radius 1 is 1.09 bits per heavy atom. The van der Waals surface area contributed by atoms with Crippen molar-refractivity contribution >= 4 is 17.8 Å². The van der Waals surface area contributed by atoms with Gasteiger partial charge in [0.2, 0.25) is 11.8 Å². The Hall–Kier alpha value is -2.61. The van der Waals surface area contributed by atoms with Crippen LogP contribution in [-0.2, 0) is 16.1 Å². The molecule has 2 atom stereocenters. The van der Waals surface area contributed by atoms with Gasteiger partial charge in [-0.15, -0.1) is 0 Å². The van der Waals surface area contributed by atoms with Crippen LogP contribution in [0.2, 0.25) is 0 Å². The minimum absolute atomic E-state index is 0.0226. The second-order valence-electron chi connectivity index (χ2n) is 10.0. The lowest BCUT2D eigenvalue weighted by Gasteiger charge is -2.55. The van der Waals surface area contributed by atoms with Gasteiger partial charge in [0.1, 0.15) is 12.2 Å². The minimum atomic E-state index is -0.544. The zero-order chi connectivity index (χ0) is 23.5. The number of urea groups is 1. The number of carbonyl (C=O) groups is 3. The van der Waals surface area contributed by atoms with Gasteiger partial charge in [-0.05, 0) is 30.2 Å². The fourth-order valence-corrected chi connectivity index (χ4v) is 5.56. The van der Waals surface area contributed by atoms with Crippen molar-refractivity contribution in [2.24, 2.45) is 11.8 Å². The van der Waals surface area contributed by atoms with Crippen LogP contribution in [0.5, 0.6) is 0 Å². The maximum atomic E-state index is 13.5. The number of nitrogens with one attached hydrogen (secondary N) is 1. The molecular formula is C25H37N5O3. The van der Waals surface area contributed by atoms with Crippen molar-refractivity contribution in [2.75, 3.05) is 26.7 Å². The van der Waals surface area contributed by atoms with E-state index in [-0.39, 0.29) is 30.3 Å². The zero-order valence-electron chi connectivity index (χ0n) is 20.1. The summed E-state index contributed by atoms with van der Waals surface area (Å²) in [5.41, 5.74) is 1.01. The number of piperazine rings is 1. The molecule has 4 amide bonds. The molecule has 3 aliphatic rings. The lowest BCUT2D eigenvalue weighted by atomic mass is 9.88. The lowest BCUT2D eigenvalue weighted by molar-refractivity contribution is -0.190. The summed E-state index contributed by atoms with van der Waals surface area (Å²) in [5.74, 6) is 0.392. The third kappa shape index (κ3) is 5.00. The molecule has 1 aromatic rings. The topological polar surface area (TPSA) is 76.2 Å². The number of hydrogen-bond donors (Lipinski definition) is 1. The number of nitrogens with zero attached hydrogens (tertiary/aromatic N) is 4. The number of hydrogen-bond acceptors (Lipinski definition) is 4. The SMILES string of the molecule is CC(C)[C@H]1C(=O)N(CC2CCCCC2)C[C@H]2N1C(=O)CN(C)N2C(=O)NCc1ccccc1. The average Bonchev–Trinajstić information content (AvgIpc) is 2.80. The van der Waals surface area contributed by atoms with Crippen molar-refractivity contribution in [3.63, 3.8) is 0 Å². The van der Waals surface area contributed by atoms with Crippen molar-refractivity contribution < 1.29 is 14.4 Å². The molecule has 8 nitrogen and oxygen atoms in total. The van der Waals surface area contributed by atoms with Crippen LogP contribution in [0.3, 0.4) is 0 Å². The molecule has 0 aromatic heterocycles. The average molecular weight is 456 g/mol. The van der Waals surface area contributed by atoms with E-state index in [1.165, 1.54) is 19.3 Å². The molecule has 2 heterocycles. The van der Waals surface area contributed by atoms with E-state index < -0.39 is 12.2 Å². The number of rotatable bonds is 5. The fraction of sp³-hybridized carbons (Fsp3) is 0.640. The molecule has 1 N–H and O–H groups in total. The molecule has 0 radical (unpaired) electrons. The smallest absolute Gasteiger partial charge is 0.334 e. The second-order valence-corrected chi connectivity index (χ2v) is 10.0. The van der Waals surface area contributed by atoms with Crippen molar-refractivity contribution in [1.29, 1.82) is 0 Å². The summed E-state index contributed by atoms with van der Waals surface area (Å²) in [4.78, 5) is 43.5. The highest BCUT2D eigenvalue weighted by Crippen LogP contribution is 2.31. The summed E-state index contributed by atoms with van der Waals surface area (Å²) in [6.45, 7) is 5.51. The summed E-state index contributed by atoms with van der Waals surface area (Å²) in [6.07, 6.45) is 5.48. The Labute approximate surface area is 196 Å². The van der Waals surface area contributed by atoms with Gasteiger partial charge in [0.05, 0.1) is 13.1 Å². The van der Waals surface area contributed by atoms with Gasteiger partial charge in [0.15, 0.2) is 0 Å². The van der Waals surface area contributed by atoms with Crippen LogP contribution in [0.1, 0.15) is 51.5 Å². The van der Waals surface area contributed by atoms with E-state index in [4.69, 9.17) is 0 Å². The van der Waals surface area contributed by atoms with Crippen LogP contribution >= 0.6 is 0 Å². The van der Waals surface area contributed by atoms with Crippen LogP contribution < -0.4 is 5.32 Å². The molecule has 33 heavy (non-hydrogen) atoms. The molecule has 2 saturated heterocycles. The van der Waals surface area contributed by atoms with E-state index in [0.29, 0.717) is 25.6 Å². The van der Waals surface area contributed by atoms with Gasteiger partial charge < -0.3 is 15.1 Å². The molecule has 0 bridgehead atoms. The Morgan fingerprint density at radius 2 is 1.79 bits per heavy atom. The molecule has 3 fully saturated rings. The van der Waals surface area contributed by atoms with Gasteiger partial charge in [0, 0.05) is 20.1 Å². The fourth-order valence-electron chi connectivity index (χ4n) is 5.56. The highest BCUT2D eigenvalue weighted by atomic mass is 16.2. The number of amides is 4. The first-order valence-corrected chi connectivity index (χ1v) is 12.3. The van der Waals surface area contributed by atoms with E-state index in [9.17, 15) is 14.4 Å². The first-order valence-electron chi connectivity index (χ1n) is 12.3. The molecule has 180 valence electrons. The minimum Gasteiger partial charge on any atom is -0.337 e. The van der Waals surface area contributed by atoms with Gasteiger partial charge in [-0.1, -0.05) is 63.4 Å². The molecule has 0 unspecified atom stereocenters. The van der Waals surface area contributed by atoms with E-state index in [1.54, 1.807) is 22.0 Å². The Bertz CT molecular complexity index is 855. The van der Waals surface area contributed by atoms with E-state index in [2.05, 4.69) is 5.32 Å². The monoisotopic (exact) mass is 455 g/mol. The summed E-state index contributed by atoms with van der Waals surface area (Å²) in [5, 5.41) is 6.33. The largest absolute Gasteiger partial charge is 0.337 e. The van der Waals surface area contributed by atoms with Crippen molar-refractivity contribution in [3.05, 3.63) is 35.9 Å². The normalized spacial score (nSPS) is 24.9. The van der Waals surface area contributed by atoms with Gasteiger partial charge in [-0.2, -0.15) is 0 Å². The Kier molecular flexibility index (Phi) is 7.22. The van der Waals surface area contributed by atoms with Gasteiger partial charge in [-0.3, -0.25) is 9.59 Å². The molecule has 2 aliphatic heterocycles. The Morgan fingerprint density at radius 3 is 2.45 bits per heavy atom. The van der Waals surface area contributed by atoms with Crippen molar-refractivity contribution in [3.8, 4) is 0 Å². The first-order chi connectivity index (χ1) is 15.9. The summed E-state index contributed by atoms with van der Waals surface area (Å²) >= 11 is 0. The maximum absolute atomic E-state index is 13.5. The third-order valence-corrected chi connectivity index (χ3v) is 7.20. The van der Waals surface area contributed by atoms with Gasteiger partial charge in [0.25, 0.3) is 0 Å². The molecule has 4 rings (SSSR count). The number of fused-ring (bicyclic) bond motifs is 1. The van der Waals surface area contributed by atoms with E-state index in [0.717, 1.165) is 18.4 Å². The molecule has 1 aliphatic carbocycles. The molecule has 1 aromatic carbocycles.